The van der Waals surface area contributed by atoms with E-state index in [1.54, 1.807) is 7.11 Å². The zero-order chi connectivity index (χ0) is 20.7. The van der Waals surface area contributed by atoms with Crippen molar-refractivity contribution < 1.29 is 9.47 Å². The van der Waals surface area contributed by atoms with Crippen molar-refractivity contribution in [1.82, 2.24) is 5.01 Å². The summed E-state index contributed by atoms with van der Waals surface area (Å²) in [5, 5.41) is 7.14. The number of fused-ring (bicyclic) bond motifs is 3. The van der Waals surface area contributed by atoms with Gasteiger partial charge in [-0.05, 0) is 48.0 Å². The molecule has 2 unspecified atom stereocenters. The number of ether oxygens (including phenoxy) is 2. The van der Waals surface area contributed by atoms with Gasteiger partial charge in [0.15, 0.2) is 0 Å². The van der Waals surface area contributed by atoms with Crippen molar-refractivity contribution in [1.29, 1.82) is 0 Å². The minimum Gasteiger partial charge on any atom is -0.497 e. The predicted octanol–water partition coefficient (Wildman–Crippen LogP) is 5.00. The van der Waals surface area contributed by atoms with Crippen LogP contribution in [0.4, 0.5) is 5.69 Å². The second-order valence-electron chi connectivity index (χ2n) is 7.87. The first-order chi connectivity index (χ1) is 14.6. The Morgan fingerprint density at radius 3 is 2.40 bits per heavy atom. The van der Waals surface area contributed by atoms with Gasteiger partial charge in [-0.3, -0.25) is 0 Å². The van der Waals surface area contributed by atoms with Crippen LogP contribution < -0.4 is 14.4 Å². The topological polar surface area (TPSA) is 37.3 Å². The van der Waals surface area contributed by atoms with Crippen LogP contribution >= 0.6 is 0 Å². The molecule has 2 aliphatic rings. The Morgan fingerprint density at radius 2 is 1.70 bits per heavy atom. The minimum absolute atomic E-state index is 0.158. The zero-order valence-electron chi connectivity index (χ0n) is 17.4. The molecule has 5 nitrogen and oxygen atoms in total. The summed E-state index contributed by atoms with van der Waals surface area (Å²) in [4.78, 5) is 2.10. The van der Waals surface area contributed by atoms with Crippen molar-refractivity contribution in [3.63, 3.8) is 0 Å². The largest absolute Gasteiger partial charge is 0.497 e. The maximum Gasteiger partial charge on any atom is 0.213 e. The molecule has 2 aliphatic heterocycles. The SMILES string of the molecule is COc1ccc(C2=NN3C(C2)c2ccccc2OC3c2ccc(N(C)C)cc2)cc1. The summed E-state index contributed by atoms with van der Waals surface area (Å²) in [5.74, 6) is 1.79. The van der Waals surface area contributed by atoms with E-state index in [1.165, 1.54) is 5.56 Å². The smallest absolute Gasteiger partial charge is 0.213 e. The molecule has 0 radical (unpaired) electrons. The number of benzene rings is 3. The molecule has 3 aromatic rings. The quantitative estimate of drug-likeness (QED) is 0.618. The lowest BCUT2D eigenvalue weighted by Crippen LogP contribution is -2.33. The molecule has 152 valence electrons. The van der Waals surface area contributed by atoms with Crippen molar-refractivity contribution in [2.75, 3.05) is 26.1 Å². The van der Waals surface area contributed by atoms with Gasteiger partial charge in [-0.1, -0.05) is 30.3 Å². The first-order valence-electron chi connectivity index (χ1n) is 10.2. The van der Waals surface area contributed by atoms with Gasteiger partial charge >= 0.3 is 0 Å². The lowest BCUT2D eigenvalue weighted by atomic mass is 9.96. The Bertz CT molecular complexity index is 1070. The number of nitrogens with zero attached hydrogens (tertiary/aromatic N) is 3. The molecular weight excluding hydrogens is 374 g/mol. The lowest BCUT2D eigenvalue weighted by molar-refractivity contribution is -0.0190. The number of rotatable bonds is 4. The third-order valence-electron chi connectivity index (χ3n) is 5.82. The Morgan fingerprint density at radius 1 is 0.967 bits per heavy atom. The Labute approximate surface area is 177 Å². The van der Waals surface area contributed by atoms with E-state index in [0.29, 0.717) is 0 Å². The molecule has 5 rings (SSSR count). The van der Waals surface area contributed by atoms with Crippen molar-refractivity contribution in [3.8, 4) is 11.5 Å². The minimum atomic E-state index is -0.253. The first-order valence-corrected chi connectivity index (χ1v) is 10.2. The maximum atomic E-state index is 6.44. The summed E-state index contributed by atoms with van der Waals surface area (Å²) in [7, 11) is 5.78. The average Bonchev–Trinajstić information content (AvgIpc) is 3.24. The number of hydrogen-bond acceptors (Lipinski definition) is 5. The van der Waals surface area contributed by atoms with E-state index in [0.717, 1.165) is 40.4 Å². The van der Waals surface area contributed by atoms with E-state index in [9.17, 15) is 0 Å². The summed E-state index contributed by atoms with van der Waals surface area (Å²) in [6.45, 7) is 0. The van der Waals surface area contributed by atoms with E-state index < -0.39 is 0 Å². The molecule has 0 N–H and O–H groups in total. The van der Waals surface area contributed by atoms with Gasteiger partial charge in [-0.2, -0.15) is 5.10 Å². The maximum absolute atomic E-state index is 6.44. The van der Waals surface area contributed by atoms with Crippen LogP contribution in [-0.4, -0.2) is 31.9 Å². The molecule has 0 aliphatic carbocycles. The van der Waals surface area contributed by atoms with Crippen LogP contribution in [0.5, 0.6) is 11.5 Å². The lowest BCUT2D eigenvalue weighted by Gasteiger charge is -2.38. The second-order valence-corrected chi connectivity index (χ2v) is 7.87. The zero-order valence-corrected chi connectivity index (χ0v) is 17.4. The second kappa shape index (κ2) is 7.41. The monoisotopic (exact) mass is 399 g/mol. The highest BCUT2D eigenvalue weighted by Crippen LogP contribution is 2.47. The van der Waals surface area contributed by atoms with Crippen LogP contribution in [0.25, 0.3) is 0 Å². The molecule has 0 spiro atoms. The van der Waals surface area contributed by atoms with Gasteiger partial charge in [0.1, 0.15) is 11.5 Å². The average molecular weight is 399 g/mol. The molecule has 0 fully saturated rings. The van der Waals surface area contributed by atoms with Gasteiger partial charge < -0.3 is 14.4 Å². The van der Waals surface area contributed by atoms with E-state index >= 15 is 0 Å². The van der Waals surface area contributed by atoms with Crippen LogP contribution in [0.1, 0.15) is 35.4 Å². The molecule has 0 aromatic heterocycles. The molecule has 3 aromatic carbocycles. The van der Waals surface area contributed by atoms with E-state index in [1.807, 2.05) is 32.3 Å². The fourth-order valence-corrected chi connectivity index (χ4v) is 4.15. The Kier molecular flexibility index (Phi) is 4.58. The van der Waals surface area contributed by atoms with Gasteiger partial charge in [0, 0.05) is 37.3 Å². The number of anilines is 1. The third kappa shape index (κ3) is 3.16. The normalized spacial score (nSPS) is 19.4. The molecule has 2 heterocycles. The van der Waals surface area contributed by atoms with Crippen LogP contribution in [0.15, 0.2) is 77.9 Å². The van der Waals surface area contributed by atoms with Gasteiger partial charge in [-0.15, -0.1) is 0 Å². The predicted molar refractivity (Wildman–Crippen MR) is 119 cm³/mol. The summed E-state index contributed by atoms with van der Waals surface area (Å²) >= 11 is 0. The summed E-state index contributed by atoms with van der Waals surface area (Å²) in [5.41, 5.74) is 5.63. The molecule has 30 heavy (non-hydrogen) atoms. The van der Waals surface area contributed by atoms with Crippen molar-refractivity contribution in [3.05, 3.63) is 89.5 Å². The molecule has 0 amide bonds. The van der Waals surface area contributed by atoms with E-state index in [4.69, 9.17) is 14.6 Å². The molecular formula is C25H25N3O2. The Balaban J connectivity index is 1.53. The third-order valence-corrected chi connectivity index (χ3v) is 5.82. The van der Waals surface area contributed by atoms with Gasteiger partial charge in [0.05, 0.1) is 18.9 Å². The molecule has 0 saturated heterocycles. The molecule has 0 bridgehead atoms. The fourth-order valence-electron chi connectivity index (χ4n) is 4.15. The van der Waals surface area contributed by atoms with Gasteiger partial charge in [-0.25, -0.2) is 5.01 Å². The van der Waals surface area contributed by atoms with Crippen LogP contribution in [0.2, 0.25) is 0 Å². The van der Waals surface area contributed by atoms with Crippen LogP contribution in [-0.2, 0) is 0 Å². The van der Waals surface area contributed by atoms with Gasteiger partial charge in [0.25, 0.3) is 0 Å². The summed E-state index contributed by atoms with van der Waals surface area (Å²) < 4.78 is 11.7. The number of hydrazone groups is 1. The van der Waals surface area contributed by atoms with Crippen molar-refractivity contribution >= 4 is 11.4 Å². The molecule has 2 atom stereocenters. The fraction of sp³-hybridized carbons (Fsp3) is 0.240. The summed E-state index contributed by atoms with van der Waals surface area (Å²) in [6, 6.07) is 25.1. The standard InChI is InChI=1S/C25H25N3O2/c1-27(2)19-12-8-18(9-13-19)25-28-23(21-6-4-5-7-24(21)30-25)16-22(26-28)17-10-14-20(29-3)15-11-17/h4-15,23,25H,16H2,1-3H3. The highest BCUT2D eigenvalue weighted by molar-refractivity contribution is 6.02. The van der Waals surface area contributed by atoms with E-state index in [-0.39, 0.29) is 12.3 Å². The molecule has 0 saturated carbocycles. The van der Waals surface area contributed by atoms with Crippen LogP contribution in [0, 0.1) is 0 Å². The highest BCUT2D eigenvalue weighted by Gasteiger charge is 2.40. The highest BCUT2D eigenvalue weighted by atomic mass is 16.5. The number of hydrogen-bond donors (Lipinski definition) is 0. The number of methoxy groups -OCH3 is 1. The first kappa shape index (κ1) is 18.6. The van der Waals surface area contributed by atoms with Crippen molar-refractivity contribution in [2.45, 2.75) is 18.7 Å². The van der Waals surface area contributed by atoms with Crippen LogP contribution in [0.3, 0.4) is 0 Å². The Hall–Kier alpha value is -3.47. The van der Waals surface area contributed by atoms with E-state index in [2.05, 4.69) is 64.5 Å². The van der Waals surface area contributed by atoms with Crippen molar-refractivity contribution in [2.24, 2.45) is 5.10 Å². The summed E-state index contributed by atoms with van der Waals surface area (Å²) in [6.07, 6.45) is 0.593. The number of para-hydroxylation sites is 1. The molecule has 5 heteroatoms. The van der Waals surface area contributed by atoms with Gasteiger partial charge in [0.2, 0.25) is 6.23 Å².